The number of rotatable bonds is 3. The minimum Gasteiger partial charge on any atom is -0.374 e. The Balaban J connectivity index is 2.25. The molecule has 0 radical (unpaired) electrons. The van der Waals surface area contributed by atoms with Crippen molar-refractivity contribution in [1.82, 2.24) is 4.57 Å². The van der Waals surface area contributed by atoms with Crippen molar-refractivity contribution in [3.05, 3.63) is 28.0 Å². The highest BCUT2D eigenvalue weighted by Crippen LogP contribution is 2.35. The van der Waals surface area contributed by atoms with Crippen LogP contribution in [0.5, 0.6) is 0 Å². The molecule has 0 saturated heterocycles. The van der Waals surface area contributed by atoms with E-state index in [1.54, 1.807) is 0 Å². The molecule has 0 fully saturated rings. The Hall–Kier alpha value is -0.540. The molecule has 0 amide bonds. The number of nitrogens with zero attached hydrogens (tertiary/aromatic N) is 1. The molecule has 0 saturated carbocycles. The predicted octanol–water partition coefficient (Wildman–Crippen LogP) is 3.63. The van der Waals surface area contributed by atoms with Crippen LogP contribution in [0.2, 0.25) is 0 Å². The zero-order valence-electron chi connectivity index (χ0n) is 9.33. The fourth-order valence-electron chi connectivity index (χ4n) is 2.17. The van der Waals surface area contributed by atoms with Crippen molar-refractivity contribution < 1.29 is 4.74 Å². The van der Waals surface area contributed by atoms with Gasteiger partial charge < -0.3 is 9.30 Å². The van der Waals surface area contributed by atoms with Crippen molar-refractivity contribution in [1.29, 1.82) is 0 Å². The maximum absolute atomic E-state index is 5.63. The SMILES string of the molecule is CCO[C@@H](C)C1=Cc2cc(Br)cn2C1C. The summed E-state index contributed by atoms with van der Waals surface area (Å²) in [5.74, 6) is 0. The largest absolute Gasteiger partial charge is 0.374 e. The predicted molar refractivity (Wildman–Crippen MR) is 65.9 cm³/mol. The normalized spacial score (nSPS) is 21.3. The summed E-state index contributed by atoms with van der Waals surface area (Å²) < 4.78 is 9.05. The van der Waals surface area contributed by atoms with Gasteiger partial charge in [0.15, 0.2) is 0 Å². The van der Waals surface area contributed by atoms with E-state index in [1.165, 1.54) is 11.3 Å². The van der Waals surface area contributed by atoms with Crippen LogP contribution < -0.4 is 0 Å². The number of ether oxygens (including phenoxy) is 1. The van der Waals surface area contributed by atoms with Gasteiger partial charge in [0.2, 0.25) is 0 Å². The second-order valence-electron chi connectivity index (χ2n) is 3.91. The van der Waals surface area contributed by atoms with Gasteiger partial charge in [0, 0.05) is 23.0 Å². The lowest BCUT2D eigenvalue weighted by Gasteiger charge is -2.19. The summed E-state index contributed by atoms with van der Waals surface area (Å²) in [6.07, 6.45) is 4.57. The molecule has 0 aromatic carbocycles. The summed E-state index contributed by atoms with van der Waals surface area (Å²) in [5, 5.41) is 0. The Morgan fingerprint density at radius 1 is 1.60 bits per heavy atom. The highest BCUT2D eigenvalue weighted by molar-refractivity contribution is 9.10. The van der Waals surface area contributed by atoms with Crippen molar-refractivity contribution >= 4 is 22.0 Å². The van der Waals surface area contributed by atoms with Crippen LogP contribution in [-0.2, 0) is 4.74 Å². The molecule has 0 aliphatic carbocycles. The molecule has 1 aromatic heterocycles. The van der Waals surface area contributed by atoms with Gasteiger partial charge in [-0.25, -0.2) is 0 Å². The Morgan fingerprint density at radius 3 is 2.93 bits per heavy atom. The van der Waals surface area contributed by atoms with Crippen LogP contribution in [0, 0.1) is 0 Å². The van der Waals surface area contributed by atoms with Crippen LogP contribution in [0.4, 0.5) is 0 Å². The van der Waals surface area contributed by atoms with Gasteiger partial charge in [0.05, 0.1) is 12.1 Å². The molecular weight excluding hydrogens is 254 g/mol. The van der Waals surface area contributed by atoms with Crippen LogP contribution in [0.1, 0.15) is 32.5 Å². The Bertz CT molecular complexity index is 394. The number of fused-ring (bicyclic) bond motifs is 1. The van der Waals surface area contributed by atoms with Gasteiger partial charge in [0.1, 0.15) is 0 Å². The molecule has 1 aromatic rings. The molecule has 1 aliphatic heterocycles. The van der Waals surface area contributed by atoms with Crippen LogP contribution in [0.3, 0.4) is 0 Å². The van der Waals surface area contributed by atoms with E-state index in [9.17, 15) is 0 Å². The van der Waals surface area contributed by atoms with Gasteiger partial charge in [-0.15, -0.1) is 0 Å². The number of hydrogen-bond acceptors (Lipinski definition) is 1. The van der Waals surface area contributed by atoms with Gasteiger partial charge >= 0.3 is 0 Å². The standard InChI is InChI=1S/C12H16BrNO/c1-4-15-9(3)12-6-11-5-10(13)7-14(11)8(12)2/h5-9H,4H2,1-3H3/t8?,9-/m0/s1. The van der Waals surface area contributed by atoms with Crippen molar-refractivity contribution in [3.8, 4) is 0 Å². The van der Waals surface area contributed by atoms with Gasteiger partial charge in [-0.2, -0.15) is 0 Å². The Kier molecular flexibility index (Phi) is 3.03. The molecule has 1 unspecified atom stereocenters. The monoisotopic (exact) mass is 269 g/mol. The molecule has 15 heavy (non-hydrogen) atoms. The number of halogens is 1. The van der Waals surface area contributed by atoms with E-state index in [4.69, 9.17) is 4.74 Å². The third-order valence-corrected chi connectivity index (χ3v) is 3.38. The summed E-state index contributed by atoms with van der Waals surface area (Å²) in [6.45, 7) is 7.13. The second-order valence-corrected chi connectivity index (χ2v) is 4.82. The van der Waals surface area contributed by atoms with E-state index in [-0.39, 0.29) is 6.10 Å². The first-order valence-electron chi connectivity index (χ1n) is 5.34. The molecule has 2 atom stereocenters. The molecule has 0 N–H and O–H groups in total. The maximum atomic E-state index is 5.63. The zero-order valence-corrected chi connectivity index (χ0v) is 10.9. The smallest absolute Gasteiger partial charge is 0.0780 e. The lowest BCUT2D eigenvalue weighted by molar-refractivity contribution is 0.0967. The minimum atomic E-state index is 0.212. The fraction of sp³-hybridized carbons (Fsp3) is 0.500. The van der Waals surface area contributed by atoms with E-state index in [1.807, 2.05) is 6.92 Å². The van der Waals surface area contributed by atoms with E-state index in [2.05, 4.69) is 52.7 Å². The molecule has 3 heteroatoms. The first kappa shape index (κ1) is 11.0. The second kappa shape index (κ2) is 4.14. The Morgan fingerprint density at radius 2 is 2.33 bits per heavy atom. The molecule has 0 bridgehead atoms. The number of hydrogen-bond donors (Lipinski definition) is 0. The van der Waals surface area contributed by atoms with E-state index < -0.39 is 0 Å². The fourth-order valence-corrected chi connectivity index (χ4v) is 2.62. The van der Waals surface area contributed by atoms with Crippen LogP contribution in [0.15, 0.2) is 22.3 Å². The first-order chi connectivity index (χ1) is 7.13. The summed E-state index contributed by atoms with van der Waals surface area (Å²) in [7, 11) is 0. The number of aromatic nitrogens is 1. The molecule has 2 heterocycles. The van der Waals surface area contributed by atoms with E-state index in [0.717, 1.165) is 11.1 Å². The van der Waals surface area contributed by atoms with Crippen LogP contribution >= 0.6 is 15.9 Å². The topological polar surface area (TPSA) is 14.2 Å². The van der Waals surface area contributed by atoms with Gasteiger partial charge in [-0.1, -0.05) is 0 Å². The van der Waals surface area contributed by atoms with Crippen molar-refractivity contribution in [2.24, 2.45) is 0 Å². The third-order valence-electron chi connectivity index (χ3n) is 2.95. The van der Waals surface area contributed by atoms with Crippen molar-refractivity contribution in [3.63, 3.8) is 0 Å². The molecule has 1 aliphatic rings. The van der Waals surface area contributed by atoms with Crippen LogP contribution in [-0.4, -0.2) is 17.3 Å². The van der Waals surface area contributed by atoms with Gasteiger partial charge in [-0.3, -0.25) is 0 Å². The average molecular weight is 270 g/mol. The molecule has 0 spiro atoms. The maximum Gasteiger partial charge on any atom is 0.0780 e. The quantitative estimate of drug-likeness (QED) is 0.818. The molecule has 2 nitrogen and oxygen atoms in total. The average Bonchev–Trinajstić information content (AvgIpc) is 2.66. The molecule has 2 rings (SSSR count). The van der Waals surface area contributed by atoms with E-state index >= 15 is 0 Å². The minimum absolute atomic E-state index is 0.212. The molecular formula is C12H16BrNO. The summed E-state index contributed by atoms with van der Waals surface area (Å²) >= 11 is 3.49. The summed E-state index contributed by atoms with van der Waals surface area (Å²) in [6, 6.07) is 2.55. The highest BCUT2D eigenvalue weighted by Gasteiger charge is 2.24. The zero-order chi connectivity index (χ0) is 11.0. The lowest BCUT2D eigenvalue weighted by atomic mass is 10.1. The Labute approximate surface area is 99.1 Å². The highest BCUT2D eigenvalue weighted by atomic mass is 79.9. The van der Waals surface area contributed by atoms with Gasteiger partial charge in [-0.05, 0) is 54.4 Å². The lowest BCUT2D eigenvalue weighted by Crippen LogP contribution is -2.15. The third kappa shape index (κ3) is 1.91. The van der Waals surface area contributed by atoms with E-state index in [0.29, 0.717) is 6.04 Å². The molecule has 82 valence electrons. The first-order valence-corrected chi connectivity index (χ1v) is 6.13. The van der Waals surface area contributed by atoms with Crippen molar-refractivity contribution in [2.45, 2.75) is 32.9 Å². The van der Waals surface area contributed by atoms with Crippen LogP contribution in [0.25, 0.3) is 6.08 Å². The van der Waals surface area contributed by atoms with Crippen molar-refractivity contribution in [2.75, 3.05) is 6.61 Å². The summed E-state index contributed by atoms with van der Waals surface area (Å²) in [4.78, 5) is 0. The van der Waals surface area contributed by atoms with Gasteiger partial charge in [0.25, 0.3) is 0 Å². The summed E-state index contributed by atoms with van der Waals surface area (Å²) in [5.41, 5.74) is 2.62.